The fraction of sp³-hybridized carbons (Fsp3) is 0.500. The molecule has 1 aromatic carbocycles. The molecule has 6 nitrogen and oxygen atoms in total. The van der Waals surface area contributed by atoms with Gasteiger partial charge in [0.25, 0.3) is 5.91 Å². The molecule has 0 aromatic heterocycles. The predicted molar refractivity (Wildman–Crippen MR) is 89.7 cm³/mol. The maximum Gasteiger partial charge on any atom is 0.323 e. The van der Waals surface area contributed by atoms with Crippen LogP contribution in [-0.4, -0.2) is 58.9 Å². The molecule has 0 aliphatic carbocycles. The second kappa shape index (κ2) is 7.95. The zero-order valence-electron chi connectivity index (χ0n) is 14.2. The van der Waals surface area contributed by atoms with Gasteiger partial charge >= 0.3 is 5.97 Å². The predicted octanol–water partition coefficient (Wildman–Crippen LogP) is 1.78. The monoisotopic (exact) mass is 332 g/mol. The number of hydrogen-bond acceptors (Lipinski definition) is 3. The fourth-order valence-electron chi connectivity index (χ4n) is 3.01. The molecule has 0 spiro atoms. The van der Waals surface area contributed by atoms with E-state index in [1.54, 1.807) is 24.0 Å². The van der Waals surface area contributed by atoms with Crippen LogP contribution in [0.4, 0.5) is 0 Å². The Balaban J connectivity index is 2.05. The van der Waals surface area contributed by atoms with E-state index in [2.05, 4.69) is 0 Å². The van der Waals surface area contributed by atoms with Crippen LogP contribution in [0.1, 0.15) is 35.7 Å². The van der Waals surface area contributed by atoms with Gasteiger partial charge in [0.15, 0.2) is 0 Å². The Morgan fingerprint density at radius 1 is 1.25 bits per heavy atom. The minimum absolute atomic E-state index is 0.0752. The molecule has 2 amide bonds. The van der Waals surface area contributed by atoms with Gasteiger partial charge in [-0.3, -0.25) is 14.4 Å². The number of rotatable bonds is 5. The van der Waals surface area contributed by atoms with E-state index in [4.69, 9.17) is 5.11 Å². The molecule has 1 unspecified atom stereocenters. The Labute approximate surface area is 142 Å². The van der Waals surface area contributed by atoms with Crippen LogP contribution in [0.5, 0.6) is 0 Å². The number of benzene rings is 1. The minimum atomic E-state index is -1.02. The molecule has 130 valence electrons. The Kier molecular flexibility index (Phi) is 5.95. The fourth-order valence-corrected chi connectivity index (χ4v) is 3.01. The molecule has 2 rings (SSSR count). The quantitative estimate of drug-likeness (QED) is 0.891. The number of likely N-dealkylation sites (N-methyl/N-ethyl adjacent to an activating group) is 1. The van der Waals surface area contributed by atoms with Crippen molar-refractivity contribution in [2.45, 2.75) is 26.7 Å². The Hall–Kier alpha value is -2.37. The highest BCUT2D eigenvalue weighted by Crippen LogP contribution is 2.21. The van der Waals surface area contributed by atoms with Crippen LogP contribution in [0.2, 0.25) is 0 Å². The molecule has 1 aliphatic rings. The van der Waals surface area contributed by atoms with E-state index in [1.807, 2.05) is 19.1 Å². The summed E-state index contributed by atoms with van der Waals surface area (Å²) in [5.74, 6) is -1.60. The molecule has 24 heavy (non-hydrogen) atoms. The van der Waals surface area contributed by atoms with E-state index < -0.39 is 5.97 Å². The summed E-state index contributed by atoms with van der Waals surface area (Å²) in [5.41, 5.74) is 1.71. The molecule has 6 heteroatoms. The number of carbonyl (C=O) groups excluding carboxylic acids is 2. The third-order valence-corrected chi connectivity index (χ3v) is 4.38. The molecule has 1 atom stereocenters. The van der Waals surface area contributed by atoms with Crippen LogP contribution in [0.25, 0.3) is 0 Å². The van der Waals surface area contributed by atoms with Gasteiger partial charge in [0, 0.05) is 25.2 Å². The minimum Gasteiger partial charge on any atom is -0.480 e. The third-order valence-electron chi connectivity index (χ3n) is 4.38. The molecule has 1 saturated heterocycles. The molecule has 0 saturated carbocycles. The maximum absolute atomic E-state index is 12.6. The van der Waals surface area contributed by atoms with Gasteiger partial charge in [0.1, 0.15) is 6.54 Å². The van der Waals surface area contributed by atoms with Crippen LogP contribution in [0.15, 0.2) is 24.3 Å². The van der Waals surface area contributed by atoms with Crippen molar-refractivity contribution in [3.8, 4) is 0 Å². The average molecular weight is 332 g/mol. The Morgan fingerprint density at radius 2 is 1.92 bits per heavy atom. The second-order valence-corrected chi connectivity index (χ2v) is 6.20. The zero-order valence-corrected chi connectivity index (χ0v) is 14.2. The largest absolute Gasteiger partial charge is 0.480 e. The number of nitrogens with zero attached hydrogens (tertiary/aromatic N) is 2. The summed E-state index contributed by atoms with van der Waals surface area (Å²) in [6.07, 6.45) is 1.44. The first kappa shape index (κ1) is 18.0. The topological polar surface area (TPSA) is 77.9 Å². The van der Waals surface area contributed by atoms with Crippen molar-refractivity contribution in [3.63, 3.8) is 0 Å². The summed E-state index contributed by atoms with van der Waals surface area (Å²) in [5, 5.41) is 8.92. The van der Waals surface area contributed by atoms with E-state index in [9.17, 15) is 14.4 Å². The maximum atomic E-state index is 12.6. The zero-order chi connectivity index (χ0) is 17.7. The number of aliphatic carboxylic acids is 1. The van der Waals surface area contributed by atoms with Crippen molar-refractivity contribution < 1.29 is 19.5 Å². The van der Waals surface area contributed by atoms with Crippen molar-refractivity contribution in [1.82, 2.24) is 9.80 Å². The van der Waals surface area contributed by atoms with Gasteiger partial charge in [0.2, 0.25) is 5.91 Å². The van der Waals surface area contributed by atoms with E-state index in [-0.39, 0.29) is 24.3 Å². The van der Waals surface area contributed by atoms with E-state index in [0.29, 0.717) is 31.6 Å². The Bertz CT molecular complexity index is 612. The molecular weight excluding hydrogens is 308 g/mol. The van der Waals surface area contributed by atoms with Crippen LogP contribution in [0, 0.1) is 12.8 Å². The van der Waals surface area contributed by atoms with Gasteiger partial charge in [-0.1, -0.05) is 17.7 Å². The van der Waals surface area contributed by atoms with Crippen molar-refractivity contribution >= 4 is 17.8 Å². The lowest BCUT2D eigenvalue weighted by molar-refractivity contribution is -0.146. The SMILES string of the molecule is CCN(CC(=O)O)C(=O)C1CCCN(C(=O)c2ccc(C)cc2)C1. The normalized spacial score (nSPS) is 17.4. The number of likely N-dealkylation sites (tertiary alicyclic amines) is 1. The van der Waals surface area contributed by atoms with Gasteiger partial charge in [-0.05, 0) is 38.8 Å². The lowest BCUT2D eigenvalue weighted by Gasteiger charge is -2.34. The lowest BCUT2D eigenvalue weighted by Crippen LogP contribution is -2.47. The lowest BCUT2D eigenvalue weighted by atomic mass is 9.95. The summed E-state index contributed by atoms with van der Waals surface area (Å²) in [6, 6.07) is 7.38. The van der Waals surface area contributed by atoms with Gasteiger partial charge < -0.3 is 14.9 Å². The summed E-state index contributed by atoms with van der Waals surface area (Å²) in [7, 11) is 0. The first-order valence-corrected chi connectivity index (χ1v) is 8.29. The highest BCUT2D eigenvalue weighted by molar-refractivity contribution is 5.94. The second-order valence-electron chi connectivity index (χ2n) is 6.20. The molecule has 0 bridgehead atoms. The van der Waals surface area contributed by atoms with Crippen molar-refractivity contribution in [1.29, 1.82) is 0 Å². The number of piperidine rings is 1. The van der Waals surface area contributed by atoms with Crippen LogP contribution < -0.4 is 0 Å². The highest BCUT2D eigenvalue weighted by atomic mass is 16.4. The van der Waals surface area contributed by atoms with Gasteiger partial charge in [-0.15, -0.1) is 0 Å². The summed E-state index contributed by atoms with van der Waals surface area (Å²) >= 11 is 0. The first-order valence-electron chi connectivity index (χ1n) is 8.29. The Morgan fingerprint density at radius 3 is 2.50 bits per heavy atom. The number of carbonyl (C=O) groups is 3. The van der Waals surface area contributed by atoms with Gasteiger partial charge in [0.05, 0.1) is 5.92 Å². The van der Waals surface area contributed by atoms with E-state index in [0.717, 1.165) is 12.0 Å². The summed E-state index contributed by atoms with van der Waals surface area (Å²) in [6.45, 7) is 4.76. The molecule has 1 fully saturated rings. The summed E-state index contributed by atoms with van der Waals surface area (Å²) < 4.78 is 0. The number of amides is 2. The van der Waals surface area contributed by atoms with E-state index >= 15 is 0 Å². The number of carboxylic acids is 1. The highest BCUT2D eigenvalue weighted by Gasteiger charge is 2.31. The molecule has 1 aliphatic heterocycles. The summed E-state index contributed by atoms with van der Waals surface area (Å²) in [4.78, 5) is 39.1. The van der Waals surface area contributed by atoms with Crippen molar-refractivity contribution in [2.75, 3.05) is 26.2 Å². The van der Waals surface area contributed by atoms with Crippen molar-refractivity contribution in [2.24, 2.45) is 5.92 Å². The molecular formula is C18H24N2O4. The molecule has 1 N–H and O–H groups in total. The number of carboxylic acid groups (broad SMARTS) is 1. The molecule has 1 aromatic rings. The number of aryl methyl sites for hydroxylation is 1. The van der Waals surface area contributed by atoms with Crippen LogP contribution >= 0.6 is 0 Å². The number of hydrogen-bond donors (Lipinski definition) is 1. The average Bonchev–Trinajstić information content (AvgIpc) is 2.59. The first-order chi connectivity index (χ1) is 11.4. The standard InChI is InChI=1S/C18H24N2O4/c1-3-19(12-16(21)22)18(24)15-5-4-10-20(11-15)17(23)14-8-6-13(2)7-9-14/h6-9,15H,3-5,10-12H2,1-2H3,(H,21,22). The third kappa shape index (κ3) is 4.34. The molecule has 1 heterocycles. The van der Waals surface area contributed by atoms with Gasteiger partial charge in [-0.2, -0.15) is 0 Å². The van der Waals surface area contributed by atoms with E-state index in [1.165, 1.54) is 4.90 Å². The smallest absolute Gasteiger partial charge is 0.323 e. The van der Waals surface area contributed by atoms with Gasteiger partial charge in [-0.25, -0.2) is 0 Å². The van der Waals surface area contributed by atoms with Crippen molar-refractivity contribution in [3.05, 3.63) is 35.4 Å². The van der Waals surface area contributed by atoms with Crippen LogP contribution in [-0.2, 0) is 9.59 Å². The van der Waals surface area contributed by atoms with Crippen LogP contribution in [0.3, 0.4) is 0 Å². The molecule has 0 radical (unpaired) electrons.